The molecule has 0 spiro atoms. The van der Waals surface area contributed by atoms with Crippen molar-refractivity contribution >= 4 is 10.0 Å². The summed E-state index contributed by atoms with van der Waals surface area (Å²) in [6, 6.07) is 3.68. The molecule has 19 heavy (non-hydrogen) atoms. The molecule has 0 bridgehead atoms. The molecule has 0 saturated carbocycles. The van der Waals surface area contributed by atoms with E-state index in [2.05, 4.69) is 17.2 Å². The summed E-state index contributed by atoms with van der Waals surface area (Å²) in [5.41, 5.74) is 0.891. The molecular formula is C13H23N3O2S. The van der Waals surface area contributed by atoms with E-state index in [0.29, 0.717) is 13.1 Å². The van der Waals surface area contributed by atoms with Gasteiger partial charge >= 0.3 is 0 Å². The molecule has 0 radical (unpaired) electrons. The zero-order valence-electron chi connectivity index (χ0n) is 11.8. The third-order valence-electron chi connectivity index (χ3n) is 2.93. The lowest BCUT2D eigenvalue weighted by Gasteiger charge is -2.22. The number of rotatable bonds is 8. The Morgan fingerprint density at radius 1 is 1.47 bits per heavy atom. The van der Waals surface area contributed by atoms with Crippen molar-refractivity contribution in [2.45, 2.75) is 32.1 Å². The highest BCUT2D eigenvalue weighted by Gasteiger charge is 2.25. The molecule has 5 nitrogen and oxygen atoms in total. The number of nitrogens with one attached hydrogen (secondary N) is 1. The van der Waals surface area contributed by atoms with Gasteiger partial charge < -0.3 is 5.32 Å². The molecule has 1 aromatic rings. The second-order valence-corrected chi connectivity index (χ2v) is 7.14. The zero-order valence-corrected chi connectivity index (χ0v) is 12.7. The van der Waals surface area contributed by atoms with Crippen LogP contribution in [0.5, 0.6) is 0 Å². The van der Waals surface area contributed by atoms with Crippen molar-refractivity contribution < 1.29 is 8.42 Å². The fourth-order valence-corrected chi connectivity index (χ4v) is 3.01. The highest BCUT2D eigenvalue weighted by Crippen LogP contribution is 2.10. The summed E-state index contributed by atoms with van der Waals surface area (Å²) in [4.78, 5) is 3.99. The van der Waals surface area contributed by atoms with Gasteiger partial charge in [-0.05, 0) is 31.5 Å². The van der Waals surface area contributed by atoms with Crippen molar-refractivity contribution in [1.82, 2.24) is 14.6 Å². The van der Waals surface area contributed by atoms with Crippen molar-refractivity contribution in [3.05, 3.63) is 30.1 Å². The van der Waals surface area contributed by atoms with Crippen molar-refractivity contribution in [3.63, 3.8) is 0 Å². The third kappa shape index (κ3) is 4.89. The SMILES string of the molecule is CCCNCC(C)S(=O)(=O)N(C)Cc1cccnc1. The monoisotopic (exact) mass is 285 g/mol. The van der Waals surface area contributed by atoms with Gasteiger partial charge in [0.2, 0.25) is 10.0 Å². The van der Waals surface area contributed by atoms with Crippen LogP contribution in [0.3, 0.4) is 0 Å². The minimum atomic E-state index is -3.27. The smallest absolute Gasteiger partial charge is 0.218 e. The second-order valence-electron chi connectivity index (χ2n) is 4.68. The van der Waals surface area contributed by atoms with Gasteiger partial charge in [-0.3, -0.25) is 4.98 Å². The van der Waals surface area contributed by atoms with Crippen LogP contribution in [-0.2, 0) is 16.6 Å². The van der Waals surface area contributed by atoms with E-state index >= 15 is 0 Å². The molecule has 6 heteroatoms. The average molecular weight is 285 g/mol. The van der Waals surface area contributed by atoms with Crippen LogP contribution in [0.25, 0.3) is 0 Å². The number of sulfonamides is 1. The van der Waals surface area contributed by atoms with E-state index < -0.39 is 15.3 Å². The highest BCUT2D eigenvalue weighted by atomic mass is 32.2. The van der Waals surface area contributed by atoms with Gasteiger partial charge in [-0.2, -0.15) is 0 Å². The van der Waals surface area contributed by atoms with Crippen LogP contribution < -0.4 is 5.32 Å². The molecule has 0 saturated heterocycles. The molecule has 0 amide bonds. The maximum Gasteiger partial charge on any atom is 0.218 e. The molecular weight excluding hydrogens is 262 g/mol. The first kappa shape index (κ1) is 16.1. The number of hydrogen-bond acceptors (Lipinski definition) is 4. The Morgan fingerprint density at radius 2 is 2.21 bits per heavy atom. The molecule has 1 atom stereocenters. The number of nitrogens with zero attached hydrogens (tertiary/aromatic N) is 2. The van der Waals surface area contributed by atoms with Gasteiger partial charge in [-0.25, -0.2) is 12.7 Å². The van der Waals surface area contributed by atoms with E-state index in [0.717, 1.165) is 18.5 Å². The third-order valence-corrected chi connectivity index (χ3v) is 5.11. The summed E-state index contributed by atoms with van der Waals surface area (Å²) in [5.74, 6) is 0. The Hall–Kier alpha value is -0.980. The van der Waals surface area contributed by atoms with Crippen LogP contribution >= 0.6 is 0 Å². The van der Waals surface area contributed by atoms with Crippen LogP contribution in [0.1, 0.15) is 25.8 Å². The Kier molecular flexibility index (Phi) is 6.41. The maximum absolute atomic E-state index is 12.3. The summed E-state index contributed by atoms with van der Waals surface area (Å²) in [6.45, 7) is 5.46. The molecule has 1 N–H and O–H groups in total. The summed E-state index contributed by atoms with van der Waals surface area (Å²) >= 11 is 0. The molecule has 108 valence electrons. The normalized spacial score (nSPS) is 13.7. The van der Waals surface area contributed by atoms with Gasteiger partial charge in [0.05, 0.1) is 5.25 Å². The van der Waals surface area contributed by atoms with Crippen LogP contribution in [0.4, 0.5) is 0 Å². The summed E-state index contributed by atoms with van der Waals surface area (Å²) in [7, 11) is -1.66. The van der Waals surface area contributed by atoms with Gasteiger partial charge in [0, 0.05) is 32.5 Å². The lowest BCUT2D eigenvalue weighted by Crippen LogP contribution is -2.40. The van der Waals surface area contributed by atoms with Crippen LogP contribution in [0.2, 0.25) is 0 Å². The molecule has 1 unspecified atom stereocenters. The Bertz CT molecular complexity index is 462. The lowest BCUT2D eigenvalue weighted by molar-refractivity contribution is 0.453. The van der Waals surface area contributed by atoms with Gasteiger partial charge in [0.15, 0.2) is 0 Å². The molecule has 0 aliphatic heterocycles. The molecule has 1 rings (SSSR count). The first-order valence-corrected chi connectivity index (χ1v) is 8.03. The number of hydrogen-bond donors (Lipinski definition) is 1. The maximum atomic E-state index is 12.3. The molecule has 0 fully saturated rings. The predicted octanol–water partition coefficient (Wildman–Crippen LogP) is 1.23. The number of pyridine rings is 1. The molecule has 1 aromatic heterocycles. The van der Waals surface area contributed by atoms with E-state index in [9.17, 15) is 8.42 Å². The van der Waals surface area contributed by atoms with Crippen LogP contribution in [0.15, 0.2) is 24.5 Å². The Morgan fingerprint density at radius 3 is 2.79 bits per heavy atom. The van der Waals surface area contributed by atoms with Gasteiger partial charge in [-0.1, -0.05) is 13.0 Å². The van der Waals surface area contributed by atoms with E-state index in [4.69, 9.17) is 0 Å². The fourth-order valence-electron chi connectivity index (χ4n) is 1.73. The second kappa shape index (κ2) is 7.57. The van der Waals surface area contributed by atoms with Crippen LogP contribution in [-0.4, -0.2) is 43.1 Å². The molecule has 0 aliphatic rings. The van der Waals surface area contributed by atoms with Crippen molar-refractivity contribution in [3.8, 4) is 0 Å². The fraction of sp³-hybridized carbons (Fsp3) is 0.615. The van der Waals surface area contributed by atoms with Crippen molar-refractivity contribution in [2.75, 3.05) is 20.1 Å². The summed E-state index contributed by atoms with van der Waals surface area (Å²) in [6.07, 6.45) is 4.36. The van der Waals surface area contributed by atoms with Crippen molar-refractivity contribution in [1.29, 1.82) is 0 Å². The molecule has 0 aliphatic carbocycles. The Balaban J connectivity index is 2.60. The van der Waals surface area contributed by atoms with Crippen LogP contribution in [0, 0.1) is 0 Å². The Labute approximate surface area is 116 Å². The predicted molar refractivity (Wildman–Crippen MR) is 77.2 cm³/mol. The minimum absolute atomic E-state index is 0.355. The van der Waals surface area contributed by atoms with Crippen molar-refractivity contribution in [2.24, 2.45) is 0 Å². The van der Waals surface area contributed by atoms with E-state index in [-0.39, 0.29) is 0 Å². The van der Waals surface area contributed by atoms with Gasteiger partial charge in [0.25, 0.3) is 0 Å². The van der Waals surface area contributed by atoms with E-state index in [1.54, 1.807) is 26.4 Å². The summed E-state index contributed by atoms with van der Waals surface area (Å²) in [5, 5.41) is 2.71. The standard InChI is InChI=1S/C13H23N3O2S/c1-4-7-14-9-12(2)19(17,18)16(3)11-13-6-5-8-15-10-13/h5-6,8,10,12,14H,4,7,9,11H2,1-3H3. The molecule has 0 aromatic carbocycles. The summed E-state index contributed by atoms with van der Waals surface area (Å²) < 4.78 is 26.0. The first-order valence-electron chi connectivity index (χ1n) is 6.53. The quantitative estimate of drug-likeness (QED) is 0.730. The van der Waals surface area contributed by atoms with E-state index in [1.807, 2.05) is 12.1 Å². The van der Waals surface area contributed by atoms with E-state index in [1.165, 1.54) is 4.31 Å². The van der Waals surface area contributed by atoms with Gasteiger partial charge in [-0.15, -0.1) is 0 Å². The first-order chi connectivity index (χ1) is 8.98. The minimum Gasteiger partial charge on any atom is -0.315 e. The zero-order chi connectivity index (χ0) is 14.3. The molecule has 1 heterocycles. The number of aromatic nitrogens is 1. The topological polar surface area (TPSA) is 62.3 Å². The highest BCUT2D eigenvalue weighted by molar-refractivity contribution is 7.89. The average Bonchev–Trinajstić information content (AvgIpc) is 2.40. The largest absolute Gasteiger partial charge is 0.315 e. The van der Waals surface area contributed by atoms with Gasteiger partial charge in [0.1, 0.15) is 0 Å². The lowest BCUT2D eigenvalue weighted by atomic mass is 10.3.